The van der Waals surface area contributed by atoms with E-state index in [4.69, 9.17) is 5.26 Å². The van der Waals surface area contributed by atoms with Gasteiger partial charge >= 0.3 is 0 Å². The van der Waals surface area contributed by atoms with Crippen LogP contribution >= 0.6 is 15.9 Å². The maximum atomic E-state index is 10.2. The predicted octanol–water partition coefficient (Wildman–Crippen LogP) is 4.69. The molecule has 2 aromatic carbocycles. The summed E-state index contributed by atoms with van der Waals surface area (Å²) >= 11 is 3.42. The molecule has 20 heavy (non-hydrogen) atoms. The molecule has 0 saturated carbocycles. The van der Waals surface area contributed by atoms with Crippen LogP contribution in [0.15, 0.2) is 52.1 Å². The van der Waals surface area contributed by atoms with Crippen molar-refractivity contribution in [2.75, 3.05) is 6.54 Å². The SMILES string of the molecule is N#Cc1ccc(-c2ccc(Br)cc2)c(CCCN=O)c1. The van der Waals surface area contributed by atoms with Crippen LogP contribution in [0.2, 0.25) is 0 Å². The van der Waals surface area contributed by atoms with Crippen LogP contribution in [0.4, 0.5) is 0 Å². The average Bonchev–Trinajstić information content (AvgIpc) is 2.48. The van der Waals surface area contributed by atoms with E-state index in [9.17, 15) is 4.91 Å². The standard InChI is InChI=1S/C16H13BrN2O/c17-15-6-4-13(5-7-15)16-8-3-12(11-18)10-14(16)2-1-9-19-20/h3-8,10H,1-2,9H2. The van der Waals surface area contributed by atoms with Gasteiger partial charge in [-0.15, -0.1) is 0 Å². The number of nitroso groups, excluding NO2 is 1. The summed E-state index contributed by atoms with van der Waals surface area (Å²) in [5, 5.41) is 11.9. The summed E-state index contributed by atoms with van der Waals surface area (Å²) in [6.07, 6.45) is 1.44. The molecule has 0 aliphatic heterocycles. The highest BCUT2D eigenvalue weighted by Crippen LogP contribution is 2.27. The summed E-state index contributed by atoms with van der Waals surface area (Å²) in [4.78, 5) is 10.2. The van der Waals surface area contributed by atoms with E-state index in [0.29, 0.717) is 18.5 Å². The molecule has 0 heterocycles. The van der Waals surface area contributed by atoms with Crippen molar-refractivity contribution in [3.63, 3.8) is 0 Å². The number of hydrogen-bond acceptors (Lipinski definition) is 3. The molecule has 4 heteroatoms. The molecule has 0 spiro atoms. The Balaban J connectivity index is 2.37. The molecule has 0 fully saturated rings. The van der Waals surface area contributed by atoms with Crippen LogP contribution in [-0.4, -0.2) is 6.54 Å². The predicted molar refractivity (Wildman–Crippen MR) is 83.3 cm³/mol. The lowest BCUT2D eigenvalue weighted by Gasteiger charge is -2.10. The maximum absolute atomic E-state index is 10.2. The first-order valence-corrected chi connectivity index (χ1v) is 7.12. The van der Waals surface area contributed by atoms with E-state index in [0.717, 1.165) is 27.6 Å². The molecule has 0 saturated heterocycles. The molecule has 0 atom stereocenters. The van der Waals surface area contributed by atoms with Crippen LogP contribution in [-0.2, 0) is 6.42 Å². The van der Waals surface area contributed by atoms with Crippen molar-refractivity contribution in [1.29, 1.82) is 5.26 Å². The van der Waals surface area contributed by atoms with E-state index in [1.807, 2.05) is 42.5 Å². The minimum absolute atomic E-state index is 0.302. The highest BCUT2D eigenvalue weighted by molar-refractivity contribution is 9.10. The van der Waals surface area contributed by atoms with Crippen LogP contribution in [0.1, 0.15) is 17.5 Å². The normalized spacial score (nSPS) is 10.0. The quantitative estimate of drug-likeness (QED) is 0.590. The summed E-state index contributed by atoms with van der Waals surface area (Å²) in [6, 6.07) is 15.9. The summed E-state index contributed by atoms with van der Waals surface area (Å²) in [6.45, 7) is 0.302. The van der Waals surface area contributed by atoms with E-state index in [-0.39, 0.29) is 0 Å². The van der Waals surface area contributed by atoms with Crippen molar-refractivity contribution in [2.24, 2.45) is 5.18 Å². The van der Waals surface area contributed by atoms with Crippen LogP contribution in [0.5, 0.6) is 0 Å². The van der Waals surface area contributed by atoms with Gasteiger partial charge in [-0.05, 0) is 53.8 Å². The lowest BCUT2D eigenvalue weighted by Crippen LogP contribution is -1.94. The Hall–Kier alpha value is -1.99. The van der Waals surface area contributed by atoms with Crippen molar-refractivity contribution in [3.8, 4) is 17.2 Å². The van der Waals surface area contributed by atoms with Gasteiger partial charge in [0.05, 0.1) is 18.2 Å². The lowest BCUT2D eigenvalue weighted by atomic mass is 9.95. The van der Waals surface area contributed by atoms with Crippen molar-refractivity contribution in [3.05, 3.63) is 63.0 Å². The molecule has 0 aromatic heterocycles. The lowest BCUT2D eigenvalue weighted by molar-refractivity contribution is 0.830. The van der Waals surface area contributed by atoms with Gasteiger partial charge in [0, 0.05) is 4.47 Å². The van der Waals surface area contributed by atoms with Crippen LogP contribution in [0.25, 0.3) is 11.1 Å². The Morgan fingerprint density at radius 1 is 1.15 bits per heavy atom. The molecule has 100 valence electrons. The minimum atomic E-state index is 0.302. The molecule has 3 nitrogen and oxygen atoms in total. The zero-order chi connectivity index (χ0) is 14.4. The molecule has 0 radical (unpaired) electrons. The monoisotopic (exact) mass is 328 g/mol. The summed E-state index contributed by atoms with van der Waals surface area (Å²) in [5.41, 5.74) is 3.92. The summed E-state index contributed by atoms with van der Waals surface area (Å²) in [7, 11) is 0. The van der Waals surface area contributed by atoms with Gasteiger partial charge in [-0.3, -0.25) is 0 Å². The van der Waals surface area contributed by atoms with Gasteiger partial charge in [-0.25, -0.2) is 0 Å². The number of benzene rings is 2. The topological polar surface area (TPSA) is 53.2 Å². The largest absolute Gasteiger partial charge is 0.192 e. The second kappa shape index (κ2) is 6.97. The molecule has 2 aromatic rings. The van der Waals surface area contributed by atoms with Gasteiger partial charge < -0.3 is 0 Å². The first kappa shape index (κ1) is 14.4. The minimum Gasteiger partial charge on any atom is -0.192 e. The molecular formula is C16H13BrN2O. The molecule has 0 unspecified atom stereocenters. The molecular weight excluding hydrogens is 316 g/mol. The van der Waals surface area contributed by atoms with Crippen molar-refractivity contribution < 1.29 is 0 Å². The van der Waals surface area contributed by atoms with Gasteiger partial charge in [0.2, 0.25) is 0 Å². The Morgan fingerprint density at radius 3 is 2.55 bits per heavy atom. The van der Waals surface area contributed by atoms with Crippen molar-refractivity contribution in [1.82, 2.24) is 0 Å². The number of halogens is 1. The molecule has 0 amide bonds. The average molecular weight is 329 g/mol. The number of rotatable bonds is 5. The van der Waals surface area contributed by atoms with E-state index in [1.165, 1.54) is 0 Å². The third-order valence-corrected chi connectivity index (χ3v) is 3.61. The van der Waals surface area contributed by atoms with Crippen molar-refractivity contribution in [2.45, 2.75) is 12.8 Å². The number of aryl methyl sites for hydroxylation is 1. The third-order valence-electron chi connectivity index (χ3n) is 3.09. The fourth-order valence-corrected chi connectivity index (χ4v) is 2.38. The first-order chi connectivity index (χ1) is 9.74. The second-order valence-electron chi connectivity index (χ2n) is 4.45. The highest BCUT2D eigenvalue weighted by atomic mass is 79.9. The van der Waals surface area contributed by atoms with Crippen molar-refractivity contribution >= 4 is 15.9 Å². The molecule has 2 rings (SSSR count). The maximum Gasteiger partial charge on any atom is 0.0991 e. The van der Waals surface area contributed by atoms with Crippen LogP contribution < -0.4 is 0 Å². The van der Waals surface area contributed by atoms with Crippen LogP contribution in [0, 0.1) is 16.2 Å². The fourth-order valence-electron chi connectivity index (χ4n) is 2.12. The summed E-state index contributed by atoms with van der Waals surface area (Å²) in [5.74, 6) is 0. The second-order valence-corrected chi connectivity index (χ2v) is 5.36. The number of nitriles is 1. The van der Waals surface area contributed by atoms with Gasteiger partial charge in [0.15, 0.2) is 0 Å². The van der Waals surface area contributed by atoms with E-state index >= 15 is 0 Å². The Morgan fingerprint density at radius 2 is 1.90 bits per heavy atom. The van der Waals surface area contributed by atoms with Gasteiger partial charge in [0.1, 0.15) is 0 Å². The Labute approximate surface area is 126 Å². The molecule has 0 bridgehead atoms. The van der Waals surface area contributed by atoms with Gasteiger partial charge in [-0.2, -0.15) is 10.2 Å². The fraction of sp³-hybridized carbons (Fsp3) is 0.188. The summed E-state index contributed by atoms with van der Waals surface area (Å²) < 4.78 is 1.03. The molecule has 0 aliphatic rings. The Kier molecular flexibility index (Phi) is 5.03. The number of hydrogen-bond donors (Lipinski definition) is 0. The van der Waals surface area contributed by atoms with Gasteiger partial charge in [0.25, 0.3) is 0 Å². The Bertz CT molecular complexity index is 645. The van der Waals surface area contributed by atoms with Crippen LogP contribution in [0.3, 0.4) is 0 Å². The zero-order valence-corrected chi connectivity index (χ0v) is 12.4. The van der Waals surface area contributed by atoms with Gasteiger partial charge in [-0.1, -0.05) is 39.3 Å². The van der Waals surface area contributed by atoms with E-state index < -0.39 is 0 Å². The third kappa shape index (κ3) is 3.52. The molecule has 0 N–H and O–H groups in total. The zero-order valence-electron chi connectivity index (χ0n) is 10.8. The highest BCUT2D eigenvalue weighted by Gasteiger charge is 2.07. The number of nitrogens with zero attached hydrogens (tertiary/aromatic N) is 2. The first-order valence-electron chi connectivity index (χ1n) is 6.32. The molecule has 0 aliphatic carbocycles. The smallest absolute Gasteiger partial charge is 0.0991 e. The van der Waals surface area contributed by atoms with E-state index in [1.54, 1.807) is 0 Å². The van der Waals surface area contributed by atoms with E-state index in [2.05, 4.69) is 27.2 Å².